The van der Waals surface area contributed by atoms with Gasteiger partial charge in [-0.1, -0.05) is 0 Å². The lowest BCUT2D eigenvalue weighted by molar-refractivity contribution is -0.137. The molecule has 2 heterocycles. The maximum absolute atomic E-state index is 12.9. The molecule has 1 amide bonds. The lowest BCUT2D eigenvalue weighted by atomic mass is 10.2. The van der Waals surface area contributed by atoms with Crippen molar-refractivity contribution in [1.82, 2.24) is 14.7 Å². The Kier molecular flexibility index (Phi) is 6.71. The van der Waals surface area contributed by atoms with Crippen LogP contribution in [0.2, 0.25) is 0 Å². The zero-order valence-corrected chi connectivity index (χ0v) is 18.8. The van der Waals surface area contributed by atoms with Crippen molar-refractivity contribution in [2.45, 2.75) is 19.6 Å². The minimum atomic E-state index is -4.52. The highest BCUT2D eigenvalue weighted by molar-refractivity contribution is 7.89. The number of hydrogen-bond donors (Lipinski definition) is 1. The summed E-state index contributed by atoms with van der Waals surface area (Å²) in [7, 11) is -3.80. The van der Waals surface area contributed by atoms with Crippen molar-refractivity contribution >= 4 is 38.1 Å². The van der Waals surface area contributed by atoms with Gasteiger partial charge in [-0.3, -0.25) is 9.78 Å². The minimum absolute atomic E-state index is 0.00409. The maximum Gasteiger partial charge on any atom is 0.417 e. The average Bonchev–Trinajstić information content (AvgIpc) is 3.12. The Labute approximate surface area is 191 Å². The quantitative estimate of drug-likeness (QED) is 0.553. The number of rotatable bonds is 6. The Balaban J connectivity index is 2.00. The van der Waals surface area contributed by atoms with E-state index in [0.717, 1.165) is 29.9 Å². The van der Waals surface area contributed by atoms with E-state index in [-0.39, 0.29) is 17.4 Å². The zero-order valence-electron chi connectivity index (χ0n) is 17.2. The van der Waals surface area contributed by atoms with Crippen molar-refractivity contribution in [3.8, 4) is 6.07 Å². The van der Waals surface area contributed by atoms with Gasteiger partial charge in [-0.25, -0.2) is 18.1 Å². The lowest BCUT2D eigenvalue weighted by Gasteiger charge is -2.22. The summed E-state index contributed by atoms with van der Waals surface area (Å²) in [6.07, 6.45) is -2.95. The first-order chi connectivity index (χ1) is 15.4. The van der Waals surface area contributed by atoms with Crippen molar-refractivity contribution in [1.29, 1.82) is 5.26 Å². The Hall–Kier alpha value is -3.50. The summed E-state index contributed by atoms with van der Waals surface area (Å²) < 4.78 is 63.2. The predicted octanol–water partition coefficient (Wildman–Crippen LogP) is 3.76. The van der Waals surface area contributed by atoms with Crippen LogP contribution < -0.4 is 9.62 Å². The molecular weight excluding hydrogens is 479 g/mol. The number of anilines is 2. The summed E-state index contributed by atoms with van der Waals surface area (Å²) in [5.41, 5.74) is 0.247. The van der Waals surface area contributed by atoms with Crippen LogP contribution >= 0.6 is 11.3 Å². The van der Waals surface area contributed by atoms with E-state index in [4.69, 9.17) is 5.26 Å². The first-order valence-electron chi connectivity index (χ1n) is 9.17. The summed E-state index contributed by atoms with van der Waals surface area (Å²) in [4.78, 5) is 22.5. The van der Waals surface area contributed by atoms with Crippen LogP contribution in [0.1, 0.15) is 32.2 Å². The summed E-state index contributed by atoms with van der Waals surface area (Å²) in [5, 5.41) is 9.32. The molecule has 1 aromatic carbocycles. The number of nitriles is 1. The molecule has 0 saturated heterocycles. The van der Waals surface area contributed by atoms with Crippen LogP contribution in [0, 0.1) is 18.3 Å². The molecule has 13 heteroatoms. The van der Waals surface area contributed by atoms with E-state index < -0.39 is 27.7 Å². The second kappa shape index (κ2) is 9.16. The molecule has 3 rings (SSSR count). The van der Waals surface area contributed by atoms with Crippen LogP contribution in [0.15, 0.2) is 42.6 Å². The second-order valence-corrected chi connectivity index (χ2v) is 9.82. The molecule has 0 aliphatic carbocycles. The van der Waals surface area contributed by atoms with Gasteiger partial charge < -0.3 is 4.90 Å². The van der Waals surface area contributed by atoms with Gasteiger partial charge in [-0.2, -0.15) is 18.4 Å². The number of thiazole rings is 1. The van der Waals surface area contributed by atoms with Gasteiger partial charge in [0.05, 0.1) is 35.7 Å². The first-order valence-corrected chi connectivity index (χ1v) is 11.9. The monoisotopic (exact) mass is 495 g/mol. The van der Waals surface area contributed by atoms with Crippen LogP contribution in [-0.4, -0.2) is 30.5 Å². The van der Waals surface area contributed by atoms with Gasteiger partial charge in [-0.05, 0) is 43.3 Å². The molecule has 0 saturated carbocycles. The minimum Gasteiger partial charge on any atom is -0.312 e. The number of benzene rings is 1. The Morgan fingerprint density at radius 2 is 1.88 bits per heavy atom. The smallest absolute Gasteiger partial charge is 0.312 e. The molecule has 0 fully saturated rings. The largest absolute Gasteiger partial charge is 0.417 e. The number of sulfonamides is 1. The second-order valence-electron chi connectivity index (χ2n) is 6.89. The van der Waals surface area contributed by atoms with E-state index in [0.29, 0.717) is 21.8 Å². The van der Waals surface area contributed by atoms with Crippen molar-refractivity contribution in [3.63, 3.8) is 0 Å². The van der Waals surface area contributed by atoms with Crippen LogP contribution in [0.3, 0.4) is 0 Å². The van der Waals surface area contributed by atoms with Crippen molar-refractivity contribution in [2.24, 2.45) is 0 Å². The number of aromatic nitrogens is 2. The average molecular weight is 496 g/mol. The van der Waals surface area contributed by atoms with Crippen LogP contribution in [0.25, 0.3) is 0 Å². The maximum atomic E-state index is 12.9. The van der Waals surface area contributed by atoms with E-state index in [9.17, 15) is 26.4 Å². The highest BCUT2D eigenvalue weighted by Crippen LogP contribution is 2.34. The van der Waals surface area contributed by atoms with Crippen LogP contribution in [0.5, 0.6) is 0 Å². The number of aryl methyl sites for hydroxylation is 1. The van der Waals surface area contributed by atoms with Gasteiger partial charge in [0.25, 0.3) is 5.91 Å². The number of nitrogens with zero attached hydrogens (tertiary/aromatic N) is 4. The summed E-state index contributed by atoms with van der Waals surface area (Å²) in [5.74, 6) is -0.898. The van der Waals surface area contributed by atoms with Gasteiger partial charge in [0.2, 0.25) is 10.0 Å². The third kappa shape index (κ3) is 6.05. The number of carbonyl (C=O) groups is 1. The van der Waals surface area contributed by atoms with E-state index >= 15 is 0 Å². The van der Waals surface area contributed by atoms with E-state index in [1.165, 1.54) is 6.07 Å². The Morgan fingerprint density at radius 1 is 1.21 bits per heavy atom. The van der Waals surface area contributed by atoms with Crippen molar-refractivity contribution in [2.75, 3.05) is 11.2 Å². The molecule has 0 spiro atoms. The summed E-state index contributed by atoms with van der Waals surface area (Å²) >= 11 is 1.09. The van der Waals surface area contributed by atoms with Crippen LogP contribution in [-0.2, 0) is 22.7 Å². The molecular formula is C20H16F3N5O3S2. The van der Waals surface area contributed by atoms with E-state index in [1.54, 1.807) is 36.1 Å². The fourth-order valence-corrected chi connectivity index (χ4v) is 4.12. The molecule has 0 bridgehead atoms. The number of hydrogen-bond acceptors (Lipinski definition) is 8. The number of amides is 1. The molecule has 3 aromatic rings. The number of nitrogens with one attached hydrogen (secondary N) is 1. The number of halogens is 3. The standard InChI is InChI=1S/C20H16F3N5O3S2/c1-12-17(18(29)27-33(2,30)31)26-19(32-12)28(16-7-3-13(9-24)4-8-16)11-15-6-5-14(10-25-15)20(21,22)23/h3-8,10H,11H2,1-2H3,(H,27,29). The Morgan fingerprint density at radius 3 is 2.39 bits per heavy atom. The molecule has 0 aliphatic heterocycles. The molecule has 1 N–H and O–H groups in total. The van der Waals surface area contributed by atoms with Crippen LogP contribution in [0.4, 0.5) is 24.0 Å². The molecule has 0 unspecified atom stereocenters. The normalized spacial score (nSPS) is 11.6. The highest BCUT2D eigenvalue weighted by Gasteiger charge is 2.31. The molecule has 172 valence electrons. The van der Waals surface area contributed by atoms with Gasteiger partial charge >= 0.3 is 6.18 Å². The molecule has 2 aromatic heterocycles. The number of carbonyl (C=O) groups excluding carboxylic acids is 1. The fourth-order valence-electron chi connectivity index (χ4n) is 2.76. The van der Waals surface area contributed by atoms with Crippen molar-refractivity contribution in [3.05, 3.63) is 70.0 Å². The predicted molar refractivity (Wildman–Crippen MR) is 115 cm³/mol. The lowest BCUT2D eigenvalue weighted by Crippen LogP contribution is -2.30. The van der Waals surface area contributed by atoms with Gasteiger partial charge in [0.15, 0.2) is 5.13 Å². The molecule has 8 nitrogen and oxygen atoms in total. The highest BCUT2D eigenvalue weighted by atomic mass is 32.2. The molecule has 0 atom stereocenters. The van der Waals surface area contributed by atoms with Gasteiger partial charge in [-0.15, -0.1) is 11.3 Å². The first kappa shape index (κ1) is 24.1. The topological polar surface area (TPSA) is 116 Å². The molecule has 33 heavy (non-hydrogen) atoms. The molecule has 0 aliphatic rings. The van der Waals surface area contributed by atoms with Gasteiger partial charge in [0, 0.05) is 16.8 Å². The summed E-state index contributed by atoms with van der Waals surface area (Å²) in [6, 6.07) is 10.5. The fraction of sp³-hybridized carbons (Fsp3) is 0.200. The number of alkyl halides is 3. The SMILES string of the molecule is Cc1sc(N(Cc2ccc(C(F)(F)F)cn2)c2ccc(C#N)cc2)nc1C(=O)NS(C)(=O)=O. The van der Waals surface area contributed by atoms with E-state index in [2.05, 4.69) is 9.97 Å². The van der Waals surface area contributed by atoms with Crippen molar-refractivity contribution < 1.29 is 26.4 Å². The zero-order chi connectivity index (χ0) is 24.4. The van der Waals surface area contributed by atoms with Gasteiger partial charge in [0.1, 0.15) is 5.69 Å². The summed E-state index contributed by atoms with van der Waals surface area (Å²) in [6.45, 7) is 1.59. The molecule has 0 radical (unpaired) electrons. The number of pyridine rings is 1. The third-order valence-electron chi connectivity index (χ3n) is 4.29. The van der Waals surface area contributed by atoms with E-state index in [1.807, 2.05) is 10.8 Å². The Bertz CT molecular complexity index is 1310. The third-order valence-corrected chi connectivity index (χ3v) is 5.84.